The van der Waals surface area contributed by atoms with Crippen LogP contribution in [0.25, 0.3) is 10.9 Å². The van der Waals surface area contributed by atoms with Crippen LogP contribution in [0.3, 0.4) is 0 Å². The Morgan fingerprint density at radius 3 is 2.71 bits per heavy atom. The van der Waals surface area contributed by atoms with Crippen LogP contribution in [0.5, 0.6) is 0 Å². The van der Waals surface area contributed by atoms with E-state index in [-0.39, 0.29) is 6.42 Å². The first-order valence-electron chi connectivity index (χ1n) is 5.22. The largest absolute Gasteiger partial charge is 0.481 e. The molecule has 0 saturated heterocycles. The molecule has 1 aromatic heterocycles. The maximum Gasteiger partial charge on any atom is 0.307 e. The highest BCUT2D eigenvalue weighted by Gasteiger charge is 2.14. The van der Waals surface area contributed by atoms with Gasteiger partial charge in [-0.1, -0.05) is 29.3 Å². The highest BCUT2D eigenvalue weighted by Crippen LogP contribution is 2.33. The Balaban J connectivity index is 2.73. The summed E-state index contributed by atoms with van der Waals surface area (Å²) in [4.78, 5) is 10.8. The number of aromatic nitrogens is 1. The molecule has 0 amide bonds. The van der Waals surface area contributed by atoms with Crippen LogP contribution in [0.4, 0.5) is 0 Å². The molecule has 0 radical (unpaired) electrons. The molecule has 2 aromatic rings. The number of hydrogen-bond acceptors (Lipinski definition) is 1. The van der Waals surface area contributed by atoms with E-state index in [1.54, 1.807) is 6.07 Å². The van der Waals surface area contributed by atoms with Gasteiger partial charge in [0.15, 0.2) is 0 Å². The zero-order valence-corrected chi connectivity index (χ0v) is 10.7. The van der Waals surface area contributed by atoms with Gasteiger partial charge < -0.3 is 9.67 Å². The third kappa shape index (κ3) is 2.13. The summed E-state index contributed by atoms with van der Waals surface area (Å²) in [7, 11) is 0. The van der Waals surface area contributed by atoms with Gasteiger partial charge in [0.05, 0.1) is 22.0 Å². The Kier molecular flexibility index (Phi) is 3.31. The average Bonchev–Trinajstić information content (AvgIpc) is 2.61. The van der Waals surface area contributed by atoms with E-state index in [0.717, 1.165) is 23.0 Å². The van der Waals surface area contributed by atoms with Crippen molar-refractivity contribution in [3.05, 3.63) is 33.9 Å². The fourth-order valence-electron chi connectivity index (χ4n) is 1.96. The summed E-state index contributed by atoms with van der Waals surface area (Å²) in [5.41, 5.74) is 1.56. The van der Waals surface area contributed by atoms with Gasteiger partial charge in [-0.15, -0.1) is 0 Å². The summed E-state index contributed by atoms with van der Waals surface area (Å²) >= 11 is 12.1. The second-order valence-corrected chi connectivity index (χ2v) is 4.55. The van der Waals surface area contributed by atoms with Crippen molar-refractivity contribution in [3.63, 3.8) is 0 Å². The van der Waals surface area contributed by atoms with Gasteiger partial charge in [-0.3, -0.25) is 4.79 Å². The lowest BCUT2D eigenvalue weighted by molar-refractivity contribution is -0.136. The van der Waals surface area contributed by atoms with Crippen LogP contribution < -0.4 is 0 Å². The second kappa shape index (κ2) is 4.59. The summed E-state index contributed by atoms with van der Waals surface area (Å²) in [5, 5.41) is 10.7. The van der Waals surface area contributed by atoms with E-state index in [2.05, 4.69) is 0 Å². The quantitative estimate of drug-likeness (QED) is 0.927. The molecule has 0 fully saturated rings. The lowest BCUT2D eigenvalue weighted by Gasteiger charge is -2.03. The van der Waals surface area contributed by atoms with Gasteiger partial charge in [0.1, 0.15) is 0 Å². The summed E-state index contributed by atoms with van der Waals surface area (Å²) in [6, 6.07) is 3.51. The Morgan fingerprint density at radius 1 is 1.41 bits per heavy atom. The van der Waals surface area contributed by atoms with Crippen LogP contribution in [-0.4, -0.2) is 15.6 Å². The normalized spacial score (nSPS) is 11.0. The van der Waals surface area contributed by atoms with Crippen LogP contribution in [0.1, 0.15) is 12.5 Å². The van der Waals surface area contributed by atoms with Crippen molar-refractivity contribution < 1.29 is 9.90 Å². The van der Waals surface area contributed by atoms with Crippen molar-refractivity contribution in [1.82, 2.24) is 4.57 Å². The van der Waals surface area contributed by atoms with E-state index in [1.165, 1.54) is 0 Å². The zero-order valence-electron chi connectivity index (χ0n) is 9.20. The van der Waals surface area contributed by atoms with E-state index in [4.69, 9.17) is 28.3 Å². The highest BCUT2D eigenvalue weighted by molar-refractivity contribution is 6.45. The number of benzene rings is 1. The topological polar surface area (TPSA) is 42.2 Å². The Bertz CT molecular complexity index is 590. The number of carboxylic acid groups (broad SMARTS) is 1. The monoisotopic (exact) mass is 271 g/mol. The molecule has 1 aromatic carbocycles. The molecule has 0 aliphatic heterocycles. The Labute approximate surface area is 109 Å². The van der Waals surface area contributed by atoms with Crippen molar-refractivity contribution in [2.45, 2.75) is 19.9 Å². The standard InChI is InChI=1S/C12H11Cl2NO2/c1-2-15-6-7(5-10(16)17)8-3-4-9(13)11(14)12(8)15/h3-4,6H,2,5H2,1H3,(H,16,17). The number of aliphatic carboxylic acids is 1. The van der Waals surface area contributed by atoms with Crippen molar-refractivity contribution in [2.24, 2.45) is 0 Å². The predicted octanol–water partition coefficient (Wildman–Crippen LogP) is 3.60. The third-order valence-corrected chi connectivity index (χ3v) is 3.49. The zero-order chi connectivity index (χ0) is 12.6. The minimum atomic E-state index is -0.855. The van der Waals surface area contributed by atoms with Crippen LogP contribution in [0, 0.1) is 0 Å². The van der Waals surface area contributed by atoms with Crippen LogP contribution in [-0.2, 0) is 17.8 Å². The van der Waals surface area contributed by atoms with Gasteiger partial charge in [-0.25, -0.2) is 0 Å². The molecular formula is C12H11Cl2NO2. The van der Waals surface area contributed by atoms with Crippen LogP contribution >= 0.6 is 23.2 Å². The molecule has 90 valence electrons. The number of aryl methyl sites for hydroxylation is 1. The first kappa shape index (κ1) is 12.3. The number of carbonyl (C=O) groups is 1. The number of nitrogens with zero attached hydrogens (tertiary/aromatic N) is 1. The molecule has 1 N–H and O–H groups in total. The summed E-state index contributed by atoms with van der Waals surface area (Å²) in [6.45, 7) is 2.69. The van der Waals surface area contributed by atoms with Gasteiger partial charge >= 0.3 is 5.97 Å². The van der Waals surface area contributed by atoms with E-state index in [0.29, 0.717) is 10.0 Å². The minimum absolute atomic E-state index is 0.0124. The Morgan fingerprint density at radius 2 is 2.12 bits per heavy atom. The molecule has 0 saturated carbocycles. The first-order valence-corrected chi connectivity index (χ1v) is 5.97. The predicted molar refractivity (Wildman–Crippen MR) is 69.0 cm³/mol. The summed E-state index contributed by atoms with van der Waals surface area (Å²) < 4.78 is 1.92. The second-order valence-electron chi connectivity index (χ2n) is 3.77. The van der Waals surface area contributed by atoms with Crippen LogP contribution in [0.15, 0.2) is 18.3 Å². The number of carboxylic acids is 1. The molecule has 0 aliphatic carbocycles. The molecule has 3 nitrogen and oxygen atoms in total. The van der Waals surface area contributed by atoms with Crippen molar-refractivity contribution in [3.8, 4) is 0 Å². The molecule has 0 aliphatic rings. The fourth-order valence-corrected chi connectivity index (χ4v) is 2.38. The molecule has 0 atom stereocenters. The molecule has 0 unspecified atom stereocenters. The molecule has 5 heteroatoms. The number of fused-ring (bicyclic) bond motifs is 1. The maximum atomic E-state index is 10.8. The van der Waals surface area contributed by atoms with E-state index >= 15 is 0 Å². The van der Waals surface area contributed by atoms with Crippen molar-refractivity contribution >= 4 is 40.1 Å². The van der Waals surface area contributed by atoms with E-state index in [1.807, 2.05) is 23.8 Å². The molecule has 1 heterocycles. The van der Waals surface area contributed by atoms with Crippen molar-refractivity contribution in [1.29, 1.82) is 0 Å². The van der Waals surface area contributed by atoms with Crippen molar-refractivity contribution in [2.75, 3.05) is 0 Å². The minimum Gasteiger partial charge on any atom is -0.481 e. The molecule has 17 heavy (non-hydrogen) atoms. The van der Waals surface area contributed by atoms with Gasteiger partial charge in [-0.2, -0.15) is 0 Å². The molecular weight excluding hydrogens is 261 g/mol. The van der Waals surface area contributed by atoms with Gasteiger partial charge in [0, 0.05) is 18.1 Å². The first-order chi connectivity index (χ1) is 8.04. The SMILES string of the molecule is CCn1cc(CC(=O)O)c2ccc(Cl)c(Cl)c21. The molecule has 0 spiro atoms. The lowest BCUT2D eigenvalue weighted by atomic mass is 10.1. The van der Waals surface area contributed by atoms with Gasteiger partial charge in [-0.05, 0) is 18.6 Å². The summed E-state index contributed by atoms with van der Waals surface area (Å²) in [5.74, 6) is -0.855. The highest BCUT2D eigenvalue weighted by atomic mass is 35.5. The van der Waals surface area contributed by atoms with E-state index in [9.17, 15) is 4.79 Å². The van der Waals surface area contributed by atoms with Crippen LogP contribution in [0.2, 0.25) is 10.0 Å². The average molecular weight is 272 g/mol. The number of hydrogen-bond donors (Lipinski definition) is 1. The maximum absolute atomic E-state index is 10.8. The third-order valence-electron chi connectivity index (χ3n) is 2.70. The fraction of sp³-hybridized carbons (Fsp3) is 0.250. The molecule has 0 bridgehead atoms. The Hall–Kier alpha value is -1.19. The number of halogens is 2. The molecule has 2 rings (SSSR count). The lowest BCUT2D eigenvalue weighted by Crippen LogP contribution is -1.99. The number of rotatable bonds is 3. The van der Waals surface area contributed by atoms with Gasteiger partial charge in [0.2, 0.25) is 0 Å². The summed E-state index contributed by atoms with van der Waals surface area (Å²) in [6.07, 6.45) is 1.81. The van der Waals surface area contributed by atoms with Gasteiger partial charge in [0.25, 0.3) is 0 Å². The smallest absolute Gasteiger partial charge is 0.307 e. The van der Waals surface area contributed by atoms with E-state index < -0.39 is 5.97 Å².